The lowest BCUT2D eigenvalue weighted by molar-refractivity contribution is 0.198. The number of hydrogen-bond donors (Lipinski definition) is 1. The van der Waals surface area contributed by atoms with Gasteiger partial charge in [-0.2, -0.15) is 5.26 Å². The molecule has 1 unspecified atom stereocenters. The van der Waals surface area contributed by atoms with Crippen molar-refractivity contribution in [3.05, 3.63) is 59.3 Å². The molecule has 0 radical (unpaired) electrons. The molecule has 1 aromatic heterocycles. The van der Waals surface area contributed by atoms with E-state index in [1.54, 1.807) is 18.3 Å². The molecule has 112 valence electrons. The van der Waals surface area contributed by atoms with Crippen molar-refractivity contribution in [2.45, 2.75) is 25.9 Å². The van der Waals surface area contributed by atoms with Crippen molar-refractivity contribution in [1.82, 2.24) is 9.88 Å². The molecule has 1 aliphatic heterocycles. The number of nitrogens with one attached hydrogen (secondary N) is 1. The van der Waals surface area contributed by atoms with Gasteiger partial charge in [-0.3, -0.25) is 4.90 Å². The standard InChI is InChI=1S/C18H20N4/c1-14(12-21-18-16(11-19)7-4-9-20-18)22-10-8-15-5-2-3-6-17(15)13-22/h2-7,9,14H,8,10,12-13H2,1H3,(H,20,21). The molecule has 1 atom stereocenters. The van der Waals surface area contributed by atoms with Crippen LogP contribution in [0.15, 0.2) is 42.6 Å². The van der Waals surface area contributed by atoms with Crippen LogP contribution >= 0.6 is 0 Å². The van der Waals surface area contributed by atoms with Crippen LogP contribution in [0.25, 0.3) is 0 Å². The summed E-state index contributed by atoms with van der Waals surface area (Å²) in [6, 6.07) is 14.8. The van der Waals surface area contributed by atoms with Crippen molar-refractivity contribution in [3.8, 4) is 6.07 Å². The fraction of sp³-hybridized carbons (Fsp3) is 0.333. The molecular weight excluding hydrogens is 272 g/mol. The van der Waals surface area contributed by atoms with Crippen molar-refractivity contribution < 1.29 is 0 Å². The summed E-state index contributed by atoms with van der Waals surface area (Å²) in [7, 11) is 0. The predicted molar refractivity (Wildman–Crippen MR) is 87.5 cm³/mol. The number of nitriles is 1. The third-order valence-electron chi connectivity index (χ3n) is 4.28. The second-order valence-corrected chi connectivity index (χ2v) is 5.73. The van der Waals surface area contributed by atoms with Crippen LogP contribution in [0.2, 0.25) is 0 Å². The lowest BCUT2D eigenvalue weighted by Gasteiger charge is -2.33. The van der Waals surface area contributed by atoms with Crippen molar-refractivity contribution in [2.75, 3.05) is 18.4 Å². The number of anilines is 1. The molecule has 0 saturated carbocycles. The van der Waals surface area contributed by atoms with Gasteiger partial charge < -0.3 is 5.32 Å². The second kappa shape index (κ2) is 6.59. The van der Waals surface area contributed by atoms with Crippen molar-refractivity contribution in [2.24, 2.45) is 0 Å². The minimum absolute atomic E-state index is 0.391. The Kier molecular flexibility index (Phi) is 4.36. The van der Waals surface area contributed by atoms with E-state index in [1.807, 2.05) is 0 Å². The highest BCUT2D eigenvalue weighted by Gasteiger charge is 2.20. The highest BCUT2D eigenvalue weighted by atomic mass is 15.2. The van der Waals surface area contributed by atoms with Crippen LogP contribution in [0.5, 0.6) is 0 Å². The maximum absolute atomic E-state index is 9.10. The van der Waals surface area contributed by atoms with Crippen LogP contribution in [0.1, 0.15) is 23.6 Å². The number of aromatic nitrogens is 1. The first-order valence-electron chi connectivity index (χ1n) is 7.68. The van der Waals surface area contributed by atoms with Crippen molar-refractivity contribution in [3.63, 3.8) is 0 Å². The van der Waals surface area contributed by atoms with E-state index < -0.39 is 0 Å². The zero-order valence-corrected chi connectivity index (χ0v) is 12.8. The smallest absolute Gasteiger partial charge is 0.143 e. The highest BCUT2D eigenvalue weighted by molar-refractivity contribution is 5.51. The minimum Gasteiger partial charge on any atom is -0.367 e. The lowest BCUT2D eigenvalue weighted by atomic mass is 9.99. The van der Waals surface area contributed by atoms with Crippen LogP contribution in [-0.4, -0.2) is 29.0 Å². The van der Waals surface area contributed by atoms with E-state index in [2.05, 4.69) is 52.5 Å². The quantitative estimate of drug-likeness (QED) is 0.941. The molecule has 2 heterocycles. The molecule has 0 aliphatic carbocycles. The van der Waals surface area contributed by atoms with Crippen LogP contribution in [0.4, 0.5) is 5.82 Å². The third kappa shape index (κ3) is 3.10. The molecule has 0 fully saturated rings. The zero-order valence-electron chi connectivity index (χ0n) is 12.8. The van der Waals surface area contributed by atoms with Gasteiger partial charge in [0.1, 0.15) is 11.9 Å². The maximum Gasteiger partial charge on any atom is 0.143 e. The van der Waals surface area contributed by atoms with Gasteiger partial charge in [0.15, 0.2) is 0 Å². The highest BCUT2D eigenvalue weighted by Crippen LogP contribution is 2.20. The molecular formula is C18H20N4. The fourth-order valence-corrected chi connectivity index (χ4v) is 2.90. The SMILES string of the molecule is CC(CNc1ncccc1C#N)N1CCc2ccccc2C1. The van der Waals surface area contributed by atoms with E-state index in [-0.39, 0.29) is 0 Å². The summed E-state index contributed by atoms with van der Waals surface area (Å²) in [6.45, 7) is 5.07. The Balaban J connectivity index is 1.61. The Morgan fingerprint density at radius 1 is 1.27 bits per heavy atom. The topological polar surface area (TPSA) is 52.0 Å². The number of fused-ring (bicyclic) bond motifs is 1. The largest absolute Gasteiger partial charge is 0.367 e. The van der Waals surface area contributed by atoms with E-state index in [4.69, 9.17) is 5.26 Å². The molecule has 0 saturated heterocycles. The van der Waals surface area contributed by atoms with Crippen LogP contribution < -0.4 is 5.32 Å². The van der Waals surface area contributed by atoms with Crippen LogP contribution in [0.3, 0.4) is 0 Å². The van der Waals surface area contributed by atoms with Gasteiger partial charge in [0.05, 0.1) is 5.56 Å². The van der Waals surface area contributed by atoms with E-state index in [9.17, 15) is 0 Å². The Morgan fingerprint density at radius 2 is 2.09 bits per heavy atom. The molecule has 0 bridgehead atoms. The molecule has 4 nitrogen and oxygen atoms in total. The Bertz CT molecular complexity index is 689. The number of rotatable bonds is 4. The summed E-state index contributed by atoms with van der Waals surface area (Å²) in [6.07, 6.45) is 2.82. The summed E-state index contributed by atoms with van der Waals surface area (Å²) < 4.78 is 0. The van der Waals surface area contributed by atoms with Gasteiger partial charge in [-0.05, 0) is 36.6 Å². The molecule has 3 rings (SSSR count). The zero-order chi connectivity index (χ0) is 15.4. The predicted octanol–water partition coefficient (Wildman–Crippen LogP) is 2.81. The molecule has 22 heavy (non-hydrogen) atoms. The summed E-state index contributed by atoms with van der Waals surface area (Å²) in [5, 5.41) is 12.4. The normalized spacial score (nSPS) is 15.6. The molecule has 1 aliphatic rings. The van der Waals surface area contributed by atoms with Crippen LogP contribution in [-0.2, 0) is 13.0 Å². The first-order chi connectivity index (χ1) is 10.8. The fourth-order valence-electron chi connectivity index (χ4n) is 2.90. The average Bonchev–Trinajstić information content (AvgIpc) is 2.59. The molecule has 1 N–H and O–H groups in total. The Hall–Kier alpha value is -2.38. The van der Waals surface area contributed by atoms with Crippen molar-refractivity contribution in [1.29, 1.82) is 5.26 Å². The summed E-state index contributed by atoms with van der Waals surface area (Å²) in [5.41, 5.74) is 3.49. The lowest BCUT2D eigenvalue weighted by Crippen LogP contribution is -2.41. The van der Waals surface area contributed by atoms with Gasteiger partial charge in [0.25, 0.3) is 0 Å². The summed E-state index contributed by atoms with van der Waals surface area (Å²) in [4.78, 5) is 6.73. The van der Waals surface area contributed by atoms with E-state index >= 15 is 0 Å². The number of hydrogen-bond acceptors (Lipinski definition) is 4. The Morgan fingerprint density at radius 3 is 2.91 bits per heavy atom. The third-order valence-corrected chi connectivity index (χ3v) is 4.28. The van der Waals surface area contributed by atoms with Gasteiger partial charge in [0, 0.05) is 31.9 Å². The van der Waals surface area contributed by atoms with E-state index in [1.165, 1.54) is 11.1 Å². The second-order valence-electron chi connectivity index (χ2n) is 5.73. The van der Waals surface area contributed by atoms with E-state index in [0.717, 1.165) is 26.1 Å². The van der Waals surface area contributed by atoms with Gasteiger partial charge in [-0.25, -0.2) is 4.98 Å². The first kappa shape index (κ1) is 14.6. The molecule has 0 spiro atoms. The molecule has 4 heteroatoms. The monoisotopic (exact) mass is 292 g/mol. The number of pyridine rings is 1. The van der Waals surface area contributed by atoms with Gasteiger partial charge >= 0.3 is 0 Å². The molecule has 1 aromatic carbocycles. The first-order valence-corrected chi connectivity index (χ1v) is 7.68. The molecule has 2 aromatic rings. The number of benzene rings is 1. The van der Waals surface area contributed by atoms with Crippen molar-refractivity contribution >= 4 is 5.82 Å². The van der Waals surface area contributed by atoms with Gasteiger partial charge in [-0.1, -0.05) is 24.3 Å². The Labute approximate surface area is 131 Å². The summed E-state index contributed by atoms with van der Waals surface area (Å²) in [5.74, 6) is 0.675. The minimum atomic E-state index is 0.391. The molecule has 0 amide bonds. The maximum atomic E-state index is 9.10. The van der Waals surface area contributed by atoms with E-state index in [0.29, 0.717) is 17.4 Å². The number of nitrogens with zero attached hydrogens (tertiary/aromatic N) is 3. The summed E-state index contributed by atoms with van der Waals surface area (Å²) >= 11 is 0. The van der Waals surface area contributed by atoms with Gasteiger partial charge in [0.2, 0.25) is 0 Å². The van der Waals surface area contributed by atoms with Crippen LogP contribution in [0, 0.1) is 11.3 Å². The average molecular weight is 292 g/mol. The van der Waals surface area contributed by atoms with Gasteiger partial charge in [-0.15, -0.1) is 0 Å².